The molecule has 1 aromatic carbocycles. The first-order valence-corrected chi connectivity index (χ1v) is 6.36. The lowest BCUT2D eigenvalue weighted by Crippen LogP contribution is -2.30. The highest BCUT2D eigenvalue weighted by molar-refractivity contribution is 5.93. The van der Waals surface area contributed by atoms with E-state index < -0.39 is 17.4 Å². The Morgan fingerprint density at radius 2 is 1.86 bits per heavy atom. The second-order valence-corrected chi connectivity index (χ2v) is 4.42. The number of aromatic amines is 1. The van der Waals surface area contributed by atoms with Crippen LogP contribution >= 0.6 is 0 Å². The van der Waals surface area contributed by atoms with E-state index in [4.69, 9.17) is 5.11 Å². The third-order valence-electron chi connectivity index (χ3n) is 2.96. The molecule has 0 atom stereocenters. The van der Waals surface area contributed by atoms with Gasteiger partial charge in [-0.3, -0.25) is 9.59 Å². The summed E-state index contributed by atoms with van der Waals surface area (Å²) in [6.07, 6.45) is 2.01. The Morgan fingerprint density at radius 1 is 1.14 bits per heavy atom. The Morgan fingerprint density at radius 3 is 2.48 bits per heavy atom. The quantitative estimate of drug-likeness (QED) is 0.764. The molecule has 0 bridgehead atoms. The topological polar surface area (TPSA) is 99.3 Å². The van der Waals surface area contributed by atoms with E-state index in [2.05, 4.69) is 10.3 Å². The Labute approximate surface area is 120 Å². The van der Waals surface area contributed by atoms with Crippen molar-refractivity contribution in [1.82, 2.24) is 10.3 Å². The number of hydrogen-bond acceptors (Lipinski definition) is 3. The first kappa shape index (κ1) is 14.5. The molecular formula is C15H14N2O4. The number of H-pyrrole nitrogens is 1. The van der Waals surface area contributed by atoms with Gasteiger partial charge in [-0.05, 0) is 36.2 Å². The van der Waals surface area contributed by atoms with Crippen molar-refractivity contribution < 1.29 is 14.7 Å². The van der Waals surface area contributed by atoms with Gasteiger partial charge < -0.3 is 15.4 Å². The highest BCUT2D eigenvalue weighted by Gasteiger charge is 2.08. The van der Waals surface area contributed by atoms with Crippen molar-refractivity contribution in [1.29, 1.82) is 0 Å². The average molecular weight is 286 g/mol. The van der Waals surface area contributed by atoms with Crippen molar-refractivity contribution in [3.8, 4) is 0 Å². The fraction of sp³-hybridized carbons (Fsp3) is 0.133. The number of carbonyl (C=O) groups is 2. The highest BCUT2D eigenvalue weighted by Crippen LogP contribution is 2.04. The van der Waals surface area contributed by atoms with Crippen LogP contribution < -0.4 is 10.9 Å². The molecule has 0 saturated heterocycles. The van der Waals surface area contributed by atoms with Gasteiger partial charge in [0.15, 0.2) is 0 Å². The Bertz CT molecular complexity index is 704. The summed E-state index contributed by atoms with van der Waals surface area (Å²) in [4.78, 5) is 36.4. The van der Waals surface area contributed by atoms with Gasteiger partial charge in [0.2, 0.25) is 0 Å². The van der Waals surface area contributed by atoms with E-state index in [0.717, 1.165) is 5.56 Å². The molecule has 6 heteroatoms. The van der Waals surface area contributed by atoms with Crippen LogP contribution in [0.3, 0.4) is 0 Å². The number of aromatic nitrogens is 1. The molecule has 0 fully saturated rings. The van der Waals surface area contributed by atoms with E-state index >= 15 is 0 Å². The van der Waals surface area contributed by atoms with Crippen molar-refractivity contribution in [2.75, 3.05) is 6.54 Å². The standard InChI is InChI=1S/C15H14N2O4/c18-13-12(2-1-8-16-13)14(19)17-9-7-10-3-5-11(6-4-10)15(20)21/h1-6,8H,7,9H2,(H,16,18)(H,17,19)(H,20,21). The first-order chi connectivity index (χ1) is 10.1. The van der Waals surface area contributed by atoms with Crippen molar-refractivity contribution in [3.05, 3.63) is 69.6 Å². The van der Waals surface area contributed by atoms with E-state index in [1.54, 1.807) is 18.2 Å². The fourth-order valence-corrected chi connectivity index (χ4v) is 1.83. The van der Waals surface area contributed by atoms with Crippen LogP contribution in [0.5, 0.6) is 0 Å². The van der Waals surface area contributed by atoms with Gasteiger partial charge in [0.05, 0.1) is 5.56 Å². The number of carboxylic acid groups (broad SMARTS) is 1. The molecule has 108 valence electrons. The second kappa shape index (κ2) is 6.51. The Balaban J connectivity index is 1.90. The minimum Gasteiger partial charge on any atom is -0.478 e. The molecule has 1 heterocycles. The molecule has 2 aromatic rings. The molecule has 2 rings (SSSR count). The second-order valence-electron chi connectivity index (χ2n) is 4.42. The number of amides is 1. The third kappa shape index (κ3) is 3.79. The highest BCUT2D eigenvalue weighted by atomic mass is 16.4. The van der Waals surface area contributed by atoms with Crippen molar-refractivity contribution in [2.45, 2.75) is 6.42 Å². The summed E-state index contributed by atoms with van der Waals surface area (Å²) in [6.45, 7) is 0.361. The Hall–Kier alpha value is -2.89. The zero-order chi connectivity index (χ0) is 15.2. The number of nitrogens with one attached hydrogen (secondary N) is 2. The molecule has 1 amide bonds. The van der Waals surface area contributed by atoms with Gasteiger partial charge in [-0.2, -0.15) is 0 Å². The smallest absolute Gasteiger partial charge is 0.335 e. The third-order valence-corrected chi connectivity index (χ3v) is 2.96. The van der Waals surface area contributed by atoms with Gasteiger partial charge in [0, 0.05) is 12.7 Å². The molecule has 0 aliphatic heterocycles. The summed E-state index contributed by atoms with van der Waals surface area (Å²) in [5.41, 5.74) is 0.764. The summed E-state index contributed by atoms with van der Waals surface area (Å²) in [5, 5.41) is 11.4. The van der Waals surface area contributed by atoms with Crippen LogP contribution in [0.4, 0.5) is 0 Å². The van der Waals surface area contributed by atoms with Gasteiger partial charge >= 0.3 is 5.97 Å². The molecule has 0 spiro atoms. The monoisotopic (exact) mass is 286 g/mol. The number of carbonyl (C=O) groups excluding carboxylic acids is 1. The molecule has 21 heavy (non-hydrogen) atoms. The van der Waals surface area contributed by atoms with Crippen LogP contribution in [0, 0.1) is 0 Å². The van der Waals surface area contributed by atoms with Crippen LogP contribution in [-0.2, 0) is 6.42 Å². The summed E-state index contributed by atoms with van der Waals surface area (Å²) in [5.74, 6) is -1.41. The maximum atomic E-state index is 11.8. The van der Waals surface area contributed by atoms with Crippen LogP contribution in [0.25, 0.3) is 0 Å². The van der Waals surface area contributed by atoms with Crippen molar-refractivity contribution in [3.63, 3.8) is 0 Å². The number of pyridine rings is 1. The maximum absolute atomic E-state index is 11.8. The summed E-state index contributed by atoms with van der Waals surface area (Å²) < 4.78 is 0. The largest absolute Gasteiger partial charge is 0.478 e. The maximum Gasteiger partial charge on any atom is 0.335 e. The number of aromatic carboxylic acids is 1. The van der Waals surface area contributed by atoms with Gasteiger partial charge in [0.1, 0.15) is 5.56 Å². The lowest BCUT2D eigenvalue weighted by Gasteiger charge is -2.05. The zero-order valence-corrected chi connectivity index (χ0v) is 11.1. The molecule has 0 radical (unpaired) electrons. The molecule has 0 unspecified atom stereocenters. The number of hydrogen-bond donors (Lipinski definition) is 3. The summed E-state index contributed by atoms with van der Waals surface area (Å²) >= 11 is 0. The average Bonchev–Trinajstić information content (AvgIpc) is 2.48. The van der Waals surface area contributed by atoms with E-state index in [1.165, 1.54) is 24.4 Å². The summed E-state index contributed by atoms with van der Waals surface area (Å²) in [7, 11) is 0. The predicted octanol–water partition coefficient (Wildman–Crippen LogP) is 1.05. The van der Waals surface area contributed by atoms with Gasteiger partial charge in [-0.25, -0.2) is 4.79 Å². The first-order valence-electron chi connectivity index (χ1n) is 6.36. The van der Waals surface area contributed by atoms with E-state index in [9.17, 15) is 14.4 Å². The van der Waals surface area contributed by atoms with Crippen LogP contribution in [-0.4, -0.2) is 28.5 Å². The molecule has 6 nitrogen and oxygen atoms in total. The van der Waals surface area contributed by atoms with E-state index in [-0.39, 0.29) is 11.1 Å². The number of rotatable bonds is 5. The molecular weight excluding hydrogens is 272 g/mol. The lowest BCUT2D eigenvalue weighted by molar-refractivity contribution is 0.0696. The SMILES string of the molecule is O=C(O)c1ccc(CCNC(=O)c2ccc[nH]c2=O)cc1. The summed E-state index contributed by atoms with van der Waals surface area (Å²) in [6, 6.07) is 9.47. The van der Waals surface area contributed by atoms with Crippen LogP contribution in [0.1, 0.15) is 26.3 Å². The predicted molar refractivity (Wildman–Crippen MR) is 76.5 cm³/mol. The fourth-order valence-electron chi connectivity index (χ4n) is 1.83. The molecule has 3 N–H and O–H groups in total. The minimum atomic E-state index is -0.974. The lowest BCUT2D eigenvalue weighted by atomic mass is 10.1. The van der Waals surface area contributed by atoms with Gasteiger partial charge in [0.25, 0.3) is 11.5 Å². The molecule has 0 saturated carbocycles. The van der Waals surface area contributed by atoms with E-state index in [1.807, 2.05) is 0 Å². The zero-order valence-electron chi connectivity index (χ0n) is 11.1. The van der Waals surface area contributed by atoms with E-state index in [0.29, 0.717) is 13.0 Å². The van der Waals surface area contributed by atoms with Gasteiger partial charge in [-0.15, -0.1) is 0 Å². The number of carboxylic acids is 1. The van der Waals surface area contributed by atoms with Crippen LogP contribution in [0.2, 0.25) is 0 Å². The van der Waals surface area contributed by atoms with Crippen molar-refractivity contribution >= 4 is 11.9 Å². The minimum absolute atomic E-state index is 0.0683. The Kier molecular flexibility index (Phi) is 4.50. The molecule has 0 aliphatic rings. The number of benzene rings is 1. The molecule has 0 aliphatic carbocycles. The molecule has 1 aromatic heterocycles. The van der Waals surface area contributed by atoms with Gasteiger partial charge in [-0.1, -0.05) is 12.1 Å². The van der Waals surface area contributed by atoms with Crippen molar-refractivity contribution in [2.24, 2.45) is 0 Å². The normalized spacial score (nSPS) is 10.1. The van der Waals surface area contributed by atoms with Crippen LogP contribution in [0.15, 0.2) is 47.4 Å².